The number of rotatable bonds is 8. The number of thioether (sulfide) groups is 1. The second kappa shape index (κ2) is 7.97. The van der Waals surface area contributed by atoms with Gasteiger partial charge in [0, 0.05) is 4.90 Å². The van der Waals surface area contributed by atoms with Crippen molar-refractivity contribution in [3.05, 3.63) is 23.8 Å². The van der Waals surface area contributed by atoms with Crippen LogP contribution in [0.4, 0.5) is 0 Å². The van der Waals surface area contributed by atoms with Gasteiger partial charge in [0.1, 0.15) is 4.90 Å². The Balaban J connectivity index is 3.17. The van der Waals surface area contributed by atoms with Crippen LogP contribution in [0.15, 0.2) is 28.0 Å². The Kier molecular flexibility index (Phi) is 6.96. The van der Waals surface area contributed by atoms with Crippen LogP contribution in [0.5, 0.6) is 0 Å². The molecular formula is C11H15O5PS2. The van der Waals surface area contributed by atoms with Gasteiger partial charge in [-0.1, -0.05) is 26.0 Å². The van der Waals surface area contributed by atoms with Gasteiger partial charge < -0.3 is 0 Å². The lowest BCUT2D eigenvalue weighted by atomic mass is 10.2. The van der Waals surface area contributed by atoms with Crippen molar-refractivity contribution in [1.82, 2.24) is 0 Å². The molecule has 0 aliphatic carbocycles. The molecule has 106 valence electrons. The highest BCUT2D eigenvalue weighted by Gasteiger charge is 2.23. The fourth-order valence-electron chi connectivity index (χ4n) is 1.56. The van der Waals surface area contributed by atoms with Crippen LogP contribution in [0.2, 0.25) is 0 Å². The minimum Gasteiger partial charge on any atom is -0.265 e. The smallest absolute Gasteiger partial charge is 0.265 e. The second-order valence-corrected chi connectivity index (χ2v) is 6.69. The highest BCUT2D eigenvalue weighted by Crippen LogP contribution is 2.31. The molecule has 0 heterocycles. The van der Waals surface area contributed by atoms with E-state index in [1.54, 1.807) is 12.1 Å². The maximum atomic E-state index is 12.2. The quantitative estimate of drug-likeness (QED) is 0.241. The molecule has 5 nitrogen and oxygen atoms in total. The second-order valence-electron chi connectivity index (χ2n) is 3.42. The SMILES string of the molecule is CCSc1cccc(CC)c1S(=O)(=O)OCOP=O. The van der Waals surface area contributed by atoms with Crippen LogP contribution in [0, 0.1) is 0 Å². The zero-order valence-corrected chi connectivity index (χ0v) is 13.2. The predicted octanol–water partition coefficient (Wildman–Crippen LogP) is 3.25. The van der Waals surface area contributed by atoms with Crippen molar-refractivity contribution in [2.45, 2.75) is 30.1 Å². The Hall–Kier alpha value is -0.460. The highest BCUT2D eigenvalue weighted by atomic mass is 32.2. The van der Waals surface area contributed by atoms with E-state index in [2.05, 4.69) is 4.52 Å². The van der Waals surface area contributed by atoms with E-state index in [0.717, 1.165) is 5.75 Å². The Bertz CT molecular complexity index is 530. The first-order valence-corrected chi connectivity index (χ1v) is 8.78. The van der Waals surface area contributed by atoms with Gasteiger partial charge in [-0.2, -0.15) is 8.42 Å². The number of benzene rings is 1. The van der Waals surface area contributed by atoms with Crippen molar-refractivity contribution in [3.8, 4) is 0 Å². The molecule has 0 aromatic heterocycles. The van der Waals surface area contributed by atoms with Crippen LogP contribution >= 0.6 is 20.4 Å². The first-order chi connectivity index (χ1) is 9.06. The summed E-state index contributed by atoms with van der Waals surface area (Å²) in [6, 6.07) is 5.32. The minimum atomic E-state index is -3.92. The van der Waals surface area contributed by atoms with Gasteiger partial charge in [0.25, 0.3) is 0 Å². The van der Waals surface area contributed by atoms with Gasteiger partial charge in [-0.3, -0.25) is 4.52 Å². The monoisotopic (exact) mass is 322 g/mol. The Labute approximate surface area is 119 Å². The summed E-state index contributed by atoms with van der Waals surface area (Å²) in [4.78, 5) is 0.831. The van der Waals surface area contributed by atoms with Crippen LogP contribution in [-0.2, 0) is 29.8 Å². The lowest BCUT2D eigenvalue weighted by Gasteiger charge is -2.13. The molecule has 0 radical (unpaired) electrons. The van der Waals surface area contributed by atoms with E-state index in [1.165, 1.54) is 11.8 Å². The molecule has 1 aromatic carbocycles. The molecule has 8 heteroatoms. The van der Waals surface area contributed by atoms with Crippen molar-refractivity contribution >= 4 is 30.6 Å². The van der Waals surface area contributed by atoms with Gasteiger partial charge >= 0.3 is 18.8 Å². The number of hydrogen-bond donors (Lipinski definition) is 0. The third-order valence-corrected chi connectivity index (χ3v) is 4.97. The largest absolute Gasteiger partial charge is 0.329 e. The molecule has 0 bridgehead atoms. The molecule has 0 unspecified atom stereocenters. The summed E-state index contributed by atoms with van der Waals surface area (Å²) in [6.07, 6.45) is 0.580. The summed E-state index contributed by atoms with van der Waals surface area (Å²) < 4.78 is 43.5. The number of hydrogen-bond acceptors (Lipinski definition) is 6. The summed E-state index contributed by atoms with van der Waals surface area (Å²) in [5.41, 5.74) is 0.693. The van der Waals surface area contributed by atoms with Crippen molar-refractivity contribution in [3.63, 3.8) is 0 Å². The molecule has 0 saturated heterocycles. The number of aryl methyl sites for hydroxylation is 1. The van der Waals surface area contributed by atoms with Crippen molar-refractivity contribution in [2.75, 3.05) is 12.5 Å². The zero-order chi connectivity index (χ0) is 14.3. The van der Waals surface area contributed by atoms with E-state index in [1.807, 2.05) is 19.9 Å². The summed E-state index contributed by atoms with van der Waals surface area (Å²) in [5.74, 6) is 0.755. The molecule has 1 rings (SSSR count). The van der Waals surface area contributed by atoms with Crippen LogP contribution in [0.1, 0.15) is 19.4 Å². The Morgan fingerprint density at radius 3 is 2.63 bits per heavy atom. The topological polar surface area (TPSA) is 69.7 Å². The van der Waals surface area contributed by atoms with Crippen molar-refractivity contribution < 1.29 is 21.7 Å². The Morgan fingerprint density at radius 2 is 2.05 bits per heavy atom. The molecule has 0 N–H and O–H groups in total. The summed E-state index contributed by atoms with van der Waals surface area (Å²) >= 11 is 1.43. The van der Waals surface area contributed by atoms with Crippen molar-refractivity contribution in [2.24, 2.45) is 0 Å². The Morgan fingerprint density at radius 1 is 1.32 bits per heavy atom. The lowest BCUT2D eigenvalue weighted by Crippen LogP contribution is -2.11. The first-order valence-electron chi connectivity index (χ1n) is 5.65. The van der Waals surface area contributed by atoms with E-state index >= 15 is 0 Å². The third kappa shape index (κ3) is 4.54. The molecule has 0 aliphatic heterocycles. The molecular weight excluding hydrogens is 307 g/mol. The highest BCUT2D eigenvalue weighted by molar-refractivity contribution is 8.00. The van der Waals surface area contributed by atoms with Gasteiger partial charge in [0.05, 0.1) is 0 Å². The van der Waals surface area contributed by atoms with Gasteiger partial charge in [0.15, 0.2) is 6.79 Å². The first kappa shape index (κ1) is 16.6. The third-order valence-electron chi connectivity index (χ3n) is 2.30. The summed E-state index contributed by atoms with van der Waals surface area (Å²) in [7, 11) is -4.53. The minimum absolute atomic E-state index is 0.176. The fraction of sp³-hybridized carbons (Fsp3) is 0.455. The fourth-order valence-corrected chi connectivity index (χ4v) is 4.10. The summed E-state index contributed by atoms with van der Waals surface area (Å²) in [5, 5.41) is 0. The zero-order valence-electron chi connectivity index (χ0n) is 10.7. The van der Waals surface area contributed by atoms with Gasteiger partial charge in [-0.05, 0) is 23.8 Å². The molecule has 0 atom stereocenters. The molecule has 0 fully saturated rings. The van der Waals surface area contributed by atoms with Gasteiger partial charge in [-0.15, -0.1) is 11.8 Å². The maximum absolute atomic E-state index is 12.2. The summed E-state index contributed by atoms with van der Waals surface area (Å²) in [6.45, 7) is 3.25. The maximum Gasteiger partial charge on any atom is 0.329 e. The van der Waals surface area contributed by atoms with Gasteiger partial charge in [-0.25, -0.2) is 8.75 Å². The van der Waals surface area contributed by atoms with E-state index in [-0.39, 0.29) is 4.90 Å². The molecule has 0 spiro atoms. The molecule has 0 amide bonds. The average molecular weight is 322 g/mol. The average Bonchev–Trinajstić information content (AvgIpc) is 2.38. The van der Waals surface area contributed by atoms with Crippen LogP contribution in [-0.4, -0.2) is 21.0 Å². The van der Waals surface area contributed by atoms with E-state index < -0.39 is 25.6 Å². The van der Waals surface area contributed by atoms with E-state index in [4.69, 9.17) is 4.18 Å². The van der Waals surface area contributed by atoms with Gasteiger partial charge in [0.2, 0.25) is 0 Å². The lowest BCUT2D eigenvalue weighted by molar-refractivity contribution is 0.139. The normalized spacial score (nSPS) is 11.9. The molecule has 0 saturated carbocycles. The van der Waals surface area contributed by atoms with E-state index in [9.17, 15) is 13.0 Å². The predicted molar refractivity (Wildman–Crippen MR) is 74.0 cm³/mol. The van der Waals surface area contributed by atoms with E-state index in [0.29, 0.717) is 16.9 Å². The van der Waals surface area contributed by atoms with Crippen LogP contribution < -0.4 is 0 Å². The molecule has 19 heavy (non-hydrogen) atoms. The van der Waals surface area contributed by atoms with Crippen LogP contribution in [0.3, 0.4) is 0 Å². The molecule has 0 aliphatic rings. The van der Waals surface area contributed by atoms with Crippen LogP contribution in [0.25, 0.3) is 0 Å². The standard InChI is InChI=1S/C11H15O5PS2/c1-3-9-6-5-7-10(18-4-2)11(9)19(13,14)16-8-15-17-12/h5-7H,3-4,8H2,1-2H3. The molecule has 1 aromatic rings. The van der Waals surface area contributed by atoms with Crippen molar-refractivity contribution in [1.29, 1.82) is 0 Å².